The normalized spacial score (nSPS) is 11.7. The molecule has 0 bridgehead atoms. The highest BCUT2D eigenvalue weighted by molar-refractivity contribution is 5.91. The lowest BCUT2D eigenvalue weighted by Crippen LogP contribution is -2.23. The first-order chi connectivity index (χ1) is 19.8. The number of rotatable bonds is 3. The summed E-state index contributed by atoms with van der Waals surface area (Å²) in [6, 6.07) is 30.0. The van der Waals surface area contributed by atoms with Gasteiger partial charge in [0.05, 0.1) is 16.6 Å². The maximum absolute atomic E-state index is 13.8. The monoisotopic (exact) mass is 533 g/mol. The number of aryl methyl sites for hydroxylation is 1. The molecule has 0 radical (unpaired) electrons. The molecule has 4 nitrogen and oxygen atoms in total. The van der Waals surface area contributed by atoms with E-state index in [9.17, 15) is 4.79 Å². The van der Waals surface area contributed by atoms with Crippen LogP contribution in [-0.2, 0) is 5.41 Å². The van der Waals surface area contributed by atoms with E-state index in [1.165, 1.54) is 5.56 Å². The molecule has 0 aliphatic heterocycles. The Kier molecular flexibility index (Phi) is 6.65. The van der Waals surface area contributed by atoms with Gasteiger partial charge >= 0.3 is 0 Å². The number of hydrogen-bond acceptors (Lipinski definition) is 2. The van der Waals surface area contributed by atoms with Crippen LogP contribution in [0, 0.1) is 18.8 Å². The van der Waals surface area contributed by atoms with E-state index in [2.05, 4.69) is 67.9 Å². The fourth-order valence-electron chi connectivity index (χ4n) is 5.07. The Hall–Kier alpha value is -5.14. The number of nitrogens with zero attached hydrogens (tertiary/aromatic N) is 2. The number of hydrogen-bond donors (Lipinski definition) is 1. The second-order valence-corrected chi connectivity index (χ2v) is 11.3. The van der Waals surface area contributed by atoms with Crippen LogP contribution < -0.4 is 5.56 Å². The van der Waals surface area contributed by atoms with Crippen LogP contribution in [0.15, 0.2) is 102 Å². The Morgan fingerprint density at radius 1 is 0.805 bits per heavy atom. The first kappa shape index (κ1) is 26.1. The van der Waals surface area contributed by atoms with Gasteiger partial charge in [0.25, 0.3) is 5.56 Å². The Bertz CT molecular complexity index is 2060. The minimum absolute atomic E-state index is 0.102. The van der Waals surface area contributed by atoms with E-state index >= 15 is 0 Å². The minimum atomic E-state index is -0.102. The summed E-state index contributed by atoms with van der Waals surface area (Å²) in [6.45, 7) is 8.63. The number of H-pyrrole nitrogens is 1. The molecule has 200 valence electrons. The topological polar surface area (TPSA) is 50.7 Å². The molecule has 0 saturated carbocycles. The molecule has 0 unspecified atom stereocenters. The quantitative estimate of drug-likeness (QED) is 0.234. The van der Waals surface area contributed by atoms with Gasteiger partial charge in [-0.15, -0.1) is 0 Å². The van der Waals surface area contributed by atoms with Gasteiger partial charge in [0.1, 0.15) is 5.82 Å². The molecule has 1 N–H and O–H groups in total. The van der Waals surface area contributed by atoms with Crippen molar-refractivity contribution >= 4 is 34.0 Å². The highest BCUT2D eigenvalue weighted by Gasteiger charge is 2.14. The molecule has 41 heavy (non-hydrogen) atoms. The standard InChI is InChI=1S/C37H31N3O/c1-25-23-27(14-13-26-15-19-29(20-16-26)37(2,3)4)17-21-34(25)40-35(39-33-12-8-6-10-31(33)36(40)41)22-18-28-24-38-32-11-7-5-9-30(28)32/h5-12,15-24,38H,1-4H3/b22-18+. The predicted octanol–water partition coefficient (Wildman–Crippen LogP) is 8.04. The van der Waals surface area contributed by atoms with Crippen molar-refractivity contribution < 1.29 is 0 Å². The summed E-state index contributed by atoms with van der Waals surface area (Å²) in [5.41, 5.74) is 7.65. The molecule has 2 heterocycles. The first-order valence-electron chi connectivity index (χ1n) is 13.8. The molecule has 0 aliphatic carbocycles. The molecular weight excluding hydrogens is 502 g/mol. The van der Waals surface area contributed by atoms with Gasteiger partial charge in [-0.25, -0.2) is 4.98 Å². The molecule has 0 spiro atoms. The van der Waals surface area contributed by atoms with Gasteiger partial charge in [0, 0.05) is 28.2 Å². The Morgan fingerprint density at radius 3 is 2.24 bits per heavy atom. The van der Waals surface area contributed by atoms with E-state index < -0.39 is 0 Å². The maximum atomic E-state index is 13.8. The summed E-state index contributed by atoms with van der Waals surface area (Å²) in [6.07, 6.45) is 5.89. The van der Waals surface area contributed by atoms with Crippen LogP contribution in [0.5, 0.6) is 0 Å². The van der Waals surface area contributed by atoms with Gasteiger partial charge in [0.2, 0.25) is 0 Å². The smallest absolute Gasteiger partial charge is 0.266 e. The Labute approximate surface area is 240 Å². The molecule has 0 aliphatic rings. The van der Waals surface area contributed by atoms with Crippen molar-refractivity contribution in [3.8, 4) is 17.5 Å². The summed E-state index contributed by atoms with van der Waals surface area (Å²) in [4.78, 5) is 22.0. The zero-order valence-corrected chi connectivity index (χ0v) is 23.7. The molecule has 4 aromatic carbocycles. The lowest BCUT2D eigenvalue weighted by molar-refractivity contribution is 0.590. The van der Waals surface area contributed by atoms with Gasteiger partial charge in [-0.2, -0.15) is 0 Å². The van der Waals surface area contributed by atoms with Crippen LogP contribution in [0.3, 0.4) is 0 Å². The third-order valence-corrected chi connectivity index (χ3v) is 7.37. The van der Waals surface area contributed by atoms with E-state index in [0.29, 0.717) is 16.7 Å². The zero-order chi connectivity index (χ0) is 28.6. The summed E-state index contributed by atoms with van der Waals surface area (Å²) >= 11 is 0. The van der Waals surface area contributed by atoms with Crippen LogP contribution >= 0.6 is 0 Å². The van der Waals surface area contributed by atoms with Crippen LogP contribution in [0.2, 0.25) is 0 Å². The number of aromatic amines is 1. The second-order valence-electron chi connectivity index (χ2n) is 11.3. The minimum Gasteiger partial charge on any atom is -0.361 e. The van der Waals surface area contributed by atoms with Gasteiger partial charge in [-0.3, -0.25) is 9.36 Å². The predicted molar refractivity (Wildman–Crippen MR) is 170 cm³/mol. The number of fused-ring (bicyclic) bond motifs is 2. The molecule has 0 atom stereocenters. The molecule has 2 aromatic heterocycles. The average molecular weight is 534 g/mol. The number of benzene rings is 4. The fourth-order valence-corrected chi connectivity index (χ4v) is 5.07. The van der Waals surface area contributed by atoms with E-state index in [0.717, 1.165) is 38.8 Å². The van der Waals surface area contributed by atoms with Crippen molar-refractivity contribution in [3.05, 3.63) is 141 Å². The highest BCUT2D eigenvalue weighted by Crippen LogP contribution is 2.24. The molecule has 6 aromatic rings. The van der Waals surface area contributed by atoms with E-state index in [4.69, 9.17) is 4.98 Å². The van der Waals surface area contributed by atoms with Gasteiger partial charge in [-0.05, 0) is 89.7 Å². The van der Waals surface area contributed by atoms with E-state index in [1.807, 2.05) is 85.9 Å². The molecule has 0 fully saturated rings. The van der Waals surface area contributed by atoms with Gasteiger partial charge in [-0.1, -0.05) is 75.1 Å². The summed E-state index contributed by atoms with van der Waals surface area (Å²) in [5, 5.41) is 1.70. The highest BCUT2D eigenvalue weighted by atomic mass is 16.1. The molecule has 4 heteroatoms. The van der Waals surface area contributed by atoms with E-state index in [1.54, 1.807) is 4.57 Å². The maximum Gasteiger partial charge on any atom is 0.266 e. The van der Waals surface area contributed by atoms with Crippen molar-refractivity contribution in [2.24, 2.45) is 0 Å². The Morgan fingerprint density at radius 2 is 1.49 bits per heavy atom. The average Bonchev–Trinajstić information content (AvgIpc) is 3.38. The number of nitrogens with one attached hydrogen (secondary N) is 1. The molecule has 0 saturated heterocycles. The van der Waals surface area contributed by atoms with Crippen LogP contribution in [-0.4, -0.2) is 14.5 Å². The summed E-state index contributed by atoms with van der Waals surface area (Å²) in [7, 11) is 0. The van der Waals surface area contributed by atoms with Crippen LogP contribution in [0.4, 0.5) is 0 Å². The van der Waals surface area contributed by atoms with Crippen LogP contribution in [0.1, 0.15) is 54.4 Å². The lowest BCUT2D eigenvalue weighted by atomic mass is 9.87. The Balaban J connectivity index is 1.40. The lowest BCUT2D eigenvalue weighted by Gasteiger charge is -2.18. The SMILES string of the molecule is Cc1cc(C#Cc2ccc(C(C)(C)C)cc2)ccc1-n1c(/C=C/c2c[nH]c3ccccc23)nc2ccccc2c1=O. The third kappa shape index (κ3) is 5.23. The largest absolute Gasteiger partial charge is 0.361 e. The zero-order valence-electron chi connectivity index (χ0n) is 23.7. The van der Waals surface area contributed by atoms with E-state index in [-0.39, 0.29) is 11.0 Å². The van der Waals surface area contributed by atoms with Gasteiger partial charge in [0.15, 0.2) is 0 Å². The number of aromatic nitrogens is 3. The van der Waals surface area contributed by atoms with Crippen molar-refractivity contribution in [2.45, 2.75) is 33.1 Å². The van der Waals surface area contributed by atoms with Crippen molar-refractivity contribution in [2.75, 3.05) is 0 Å². The summed E-state index contributed by atoms with van der Waals surface area (Å²) < 4.78 is 1.70. The van der Waals surface area contributed by atoms with Crippen molar-refractivity contribution in [3.63, 3.8) is 0 Å². The van der Waals surface area contributed by atoms with Crippen molar-refractivity contribution in [1.82, 2.24) is 14.5 Å². The molecular formula is C37H31N3O. The number of para-hydroxylation sites is 2. The van der Waals surface area contributed by atoms with Crippen molar-refractivity contribution in [1.29, 1.82) is 0 Å². The summed E-state index contributed by atoms with van der Waals surface area (Å²) in [5.74, 6) is 7.14. The molecule has 6 rings (SSSR count). The van der Waals surface area contributed by atoms with Crippen LogP contribution in [0.25, 0.3) is 39.6 Å². The second kappa shape index (κ2) is 10.4. The fraction of sp³-hybridized carbons (Fsp3) is 0.135. The molecule has 0 amide bonds. The first-order valence-corrected chi connectivity index (χ1v) is 13.8. The third-order valence-electron chi connectivity index (χ3n) is 7.37. The van der Waals surface area contributed by atoms with Gasteiger partial charge < -0.3 is 4.98 Å².